The smallest absolute Gasteiger partial charge is 0.410 e. The highest BCUT2D eigenvalue weighted by molar-refractivity contribution is 9.10. The lowest BCUT2D eigenvalue weighted by Crippen LogP contribution is -2.52. The minimum absolute atomic E-state index is 0.0459. The lowest BCUT2D eigenvalue weighted by atomic mass is 9.98. The summed E-state index contributed by atoms with van der Waals surface area (Å²) in [5, 5.41) is 10.0. The number of carbonyl (C=O) groups excluding carboxylic acids is 1. The van der Waals surface area contributed by atoms with E-state index in [2.05, 4.69) is 40.2 Å². The molecular formula is C26H22BrClN2O4. The summed E-state index contributed by atoms with van der Waals surface area (Å²) in [5.41, 5.74) is 5.36. The standard InChI is InChI=1S/C26H22BrClN2O4/c27-17-11-16(12-18(28)13-17)24-14-29(25(31)32)9-10-30(24)26(33)34-15-23-21-7-3-1-5-19(21)20-6-2-4-8-22(20)23/h1-8,11-13,23-24H,9-10,14-15H2,(H,31,32). The molecule has 34 heavy (non-hydrogen) atoms. The Morgan fingerprint density at radius 2 is 1.65 bits per heavy atom. The summed E-state index contributed by atoms with van der Waals surface area (Å²) < 4.78 is 6.62. The van der Waals surface area contributed by atoms with Gasteiger partial charge in [0.2, 0.25) is 0 Å². The molecule has 0 spiro atoms. The largest absolute Gasteiger partial charge is 0.465 e. The van der Waals surface area contributed by atoms with Gasteiger partial charge in [-0.1, -0.05) is 76.1 Å². The van der Waals surface area contributed by atoms with Crippen LogP contribution in [0.1, 0.15) is 28.7 Å². The molecule has 2 aliphatic rings. The molecule has 0 bridgehead atoms. The first-order valence-corrected chi connectivity index (χ1v) is 12.1. The van der Waals surface area contributed by atoms with Gasteiger partial charge >= 0.3 is 12.2 Å². The molecule has 1 saturated heterocycles. The molecule has 1 fully saturated rings. The third kappa shape index (κ3) is 4.26. The van der Waals surface area contributed by atoms with E-state index in [1.807, 2.05) is 30.3 Å². The fourth-order valence-corrected chi connectivity index (χ4v) is 5.79. The Morgan fingerprint density at radius 3 is 2.26 bits per heavy atom. The Hall–Kier alpha value is -3.03. The van der Waals surface area contributed by atoms with Gasteiger partial charge in [-0.25, -0.2) is 9.59 Å². The highest BCUT2D eigenvalue weighted by Crippen LogP contribution is 2.44. The molecule has 174 valence electrons. The van der Waals surface area contributed by atoms with E-state index < -0.39 is 18.2 Å². The second-order valence-electron chi connectivity index (χ2n) is 8.44. The maximum atomic E-state index is 13.3. The van der Waals surface area contributed by atoms with Crippen LogP contribution in [0.5, 0.6) is 0 Å². The van der Waals surface area contributed by atoms with Crippen LogP contribution < -0.4 is 0 Å². The summed E-state index contributed by atoms with van der Waals surface area (Å²) in [7, 11) is 0. The predicted molar refractivity (Wildman–Crippen MR) is 133 cm³/mol. The molecular weight excluding hydrogens is 520 g/mol. The average molecular weight is 542 g/mol. The molecule has 0 radical (unpaired) electrons. The number of benzene rings is 3. The molecule has 1 unspecified atom stereocenters. The van der Waals surface area contributed by atoms with Crippen LogP contribution in [-0.2, 0) is 4.74 Å². The fraction of sp³-hybridized carbons (Fsp3) is 0.231. The summed E-state index contributed by atoms with van der Waals surface area (Å²) in [4.78, 5) is 27.8. The van der Waals surface area contributed by atoms with Crippen molar-refractivity contribution in [1.29, 1.82) is 0 Å². The van der Waals surface area contributed by atoms with Crippen molar-refractivity contribution in [2.45, 2.75) is 12.0 Å². The first-order chi connectivity index (χ1) is 16.4. The van der Waals surface area contributed by atoms with Gasteiger partial charge in [-0.2, -0.15) is 0 Å². The molecule has 5 rings (SSSR count). The number of amides is 2. The molecule has 0 saturated carbocycles. The van der Waals surface area contributed by atoms with Crippen LogP contribution in [-0.4, -0.2) is 53.3 Å². The number of hydrogen-bond donors (Lipinski definition) is 1. The number of fused-ring (bicyclic) bond motifs is 3. The molecule has 1 aliphatic carbocycles. The van der Waals surface area contributed by atoms with Gasteiger partial charge in [-0.3, -0.25) is 4.90 Å². The number of carbonyl (C=O) groups is 2. The molecule has 1 atom stereocenters. The van der Waals surface area contributed by atoms with E-state index in [1.165, 1.54) is 4.90 Å². The summed E-state index contributed by atoms with van der Waals surface area (Å²) in [6.45, 7) is 0.805. The first-order valence-electron chi connectivity index (χ1n) is 11.0. The molecule has 0 aromatic heterocycles. The Bertz CT molecular complexity index is 1200. The van der Waals surface area contributed by atoms with Gasteiger partial charge in [0.1, 0.15) is 6.61 Å². The van der Waals surface area contributed by atoms with Gasteiger partial charge in [-0.05, 0) is 46.0 Å². The van der Waals surface area contributed by atoms with Crippen LogP contribution in [0.15, 0.2) is 71.2 Å². The van der Waals surface area contributed by atoms with Crippen LogP contribution in [0, 0.1) is 0 Å². The molecule has 2 amide bonds. The summed E-state index contributed by atoms with van der Waals surface area (Å²) in [6.07, 6.45) is -1.48. The molecule has 8 heteroatoms. The van der Waals surface area contributed by atoms with Crippen molar-refractivity contribution in [3.8, 4) is 11.1 Å². The van der Waals surface area contributed by atoms with Crippen molar-refractivity contribution in [2.75, 3.05) is 26.2 Å². The van der Waals surface area contributed by atoms with Crippen LogP contribution in [0.3, 0.4) is 0 Å². The van der Waals surface area contributed by atoms with E-state index in [9.17, 15) is 14.7 Å². The quantitative estimate of drug-likeness (QED) is 0.417. The van der Waals surface area contributed by atoms with E-state index in [0.29, 0.717) is 5.02 Å². The average Bonchev–Trinajstić information content (AvgIpc) is 3.15. The Labute approximate surface area is 210 Å². The van der Waals surface area contributed by atoms with Crippen molar-refractivity contribution in [2.24, 2.45) is 0 Å². The van der Waals surface area contributed by atoms with Crippen molar-refractivity contribution < 1.29 is 19.4 Å². The molecule has 1 N–H and O–H groups in total. The second-order valence-corrected chi connectivity index (χ2v) is 9.80. The van der Waals surface area contributed by atoms with E-state index in [-0.39, 0.29) is 32.2 Å². The van der Waals surface area contributed by atoms with Gasteiger partial charge in [0.15, 0.2) is 0 Å². The number of nitrogens with zero attached hydrogens (tertiary/aromatic N) is 2. The normalized spacial score (nSPS) is 17.3. The van der Waals surface area contributed by atoms with Crippen LogP contribution in [0.4, 0.5) is 9.59 Å². The zero-order valence-electron chi connectivity index (χ0n) is 18.2. The molecule has 1 aliphatic heterocycles. The number of halogens is 2. The second kappa shape index (κ2) is 9.31. The molecule has 1 heterocycles. The number of piperazine rings is 1. The van der Waals surface area contributed by atoms with E-state index >= 15 is 0 Å². The zero-order valence-corrected chi connectivity index (χ0v) is 20.5. The first kappa shape index (κ1) is 22.7. The Morgan fingerprint density at radius 1 is 1.00 bits per heavy atom. The molecule has 3 aromatic carbocycles. The zero-order chi connectivity index (χ0) is 23.8. The minimum atomic E-state index is -1.02. The topological polar surface area (TPSA) is 70.1 Å². The molecule has 3 aromatic rings. The third-order valence-corrected chi connectivity index (χ3v) is 7.17. The van der Waals surface area contributed by atoms with Gasteiger partial charge in [0, 0.05) is 35.0 Å². The SMILES string of the molecule is O=C(O)N1CCN(C(=O)OCC2c3ccccc3-c3ccccc32)C(c2cc(Cl)cc(Br)c2)C1. The van der Waals surface area contributed by atoms with Crippen LogP contribution >= 0.6 is 27.5 Å². The van der Waals surface area contributed by atoms with Crippen LogP contribution in [0.25, 0.3) is 11.1 Å². The Kier molecular flexibility index (Phi) is 6.23. The third-order valence-electron chi connectivity index (χ3n) is 6.49. The lowest BCUT2D eigenvalue weighted by Gasteiger charge is -2.40. The number of hydrogen-bond acceptors (Lipinski definition) is 3. The summed E-state index contributed by atoms with van der Waals surface area (Å²) >= 11 is 9.68. The highest BCUT2D eigenvalue weighted by atomic mass is 79.9. The van der Waals surface area contributed by atoms with E-state index in [0.717, 1.165) is 32.3 Å². The number of ether oxygens (including phenoxy) is 1. The van der Waals surface area contributed by atoms with E-state index in [1.54, 1.807) is 17.0 Å². The molecule has 6 nitrogen and oxygen atoms in total. The lowest BCUT2D eigenvalue weighted by molar-refractivity contribution is 0.0444. The van der Waals surface area contributed by atoms with Gasteiger partial charge in [-0.15, -0.1) is 0 Å². The van der Waals surface area contributed by atoms with Gasteiger partial charge in [0.25, 0.3) is 0 Å². The van der Waals surface area contributed by atoms with Gasteiger partial charge in [0.05, 0.1) is 6.04 Å². The highest BCUT2D eigenvalue weighted by Gasteiger charge is 2.36. The van der Waals surface area contributed by atoms with E-state index in [4.69, 9.17) is 16.3 Å². The van der Waals surface area contributed by atoms with Crippen LogP contribution in [0.2, 0.25) is 5.02 Å². The maximum absolute atomic E-state index is 13.3. The summed E-state index contributed by atoms with van der Waals surface area (Å²) in [5.74, 6) is -0.0459. The van der Waals surface area contributed by atoms with Crippen molar-refractivity contribution in [3.05, 3.63) is 92.9 Å². The predicted octanol–water partition coefficient (Wildman–Crippen LogP) is 6.39. The minimum Gasteiger partial charge on any atom is -0.465 e. The number of rotatable bonds is 3. The monoisotopic (exact) mass is 540 g/mol. The summed E-state index contributed by atoms with van der Waals surface area (Å²) in [6, 6.07) is 21.2. The van der Waals surface area contributed by atoms with Crippen molar-refractivity contribution >= 4 is 39.7 Å². The van der Waals surface area contributed by atoms with Crippen molar-refractivity contribution in [1.82, 2.24) is 9.80 Å². The Balaban J connectivity index is 1.38. The fourth-order valence-electron chi connectivity index (χ4n) is 4.90. The van der Waals surface area contributed by atoms with Gasteiger partial charge < -0.3 is 14.7 Å². The number of carboxylic acid groups (broad SMARTS) is 1. The van der Waals surface area contributed by atoms with Crippen molar-refractivity contribution in [3.63, 3.8) is 0 Å². The maximum Gasteiger partial charge on any atom is 0.410 e.